The lowest BCUT2D eigenvalue weighted by molar-refractivity contribution is -0.136. The van der Waals surface area contributed by atoms with E-state index in [-0.39, 0.29) is 16.8 Å². The summed E-state index contributed by atoms with van der Waals surface area (Å²) in [4.78, 5) is 14.5. The van der Waals surface area contributed by atoms with Gasteiger partial charge in [0.2, 0.25) is 15.9 Å². The molecule has 1 fully saturated rings. The second-order valence-corrected chi connectivity index (χ2v) is 8.04. The van der Waals surface area contributed by atoms with Crippen LogP contribution in [-0.2, 0) is 14.8 Å². The fraction of sp³-hybridized carbons (Fsp3) is 0.562. The first-order valence-corrected chi connectivity index (χ1v) is 9.79. The van der Waals surface area contributed by atoms with E-state index in [1.54, 1.807) is 6.92 Å². The summed E-state index contributed by atoms with van der Waals surface area (Å²) in [6.45, 7) is 4.35. The second kappa shape index (κ2) is 7.64. The summed E-state index contributed by atoms with van der Waals surface area (Å²) in [5, 5.41) is 0.465. The summed E-state index contributed by atoms with van der Waals surface area (Å²) in [6, 6.07) is 5.30. The van der Waals surface area contributed by atoms with Crippen molar-refractivity contribution < 1.29 is 13.2 Å². The molecule has 0 spiro atoms. The zero-order valence-corrected chi connectivity index (χ0v) is 15.0. The van der Waals surface area contributed by atoms with Crippen LogP contribution in [0.25, 0.3) is 0 Å². The fourth-order valence-corrected chi connectivity index (χ4v) is 4.25. The Kier molecular flexibility index (Phi) is 6.06. The summed E-state index contributed by atoms with van der Waals surface area (Å²) >= 11 is 5.78. The van der Waals surface area contributed by atoms with E-state index in [9.17, 15) is 13.2 Å². The van der Waals surface area contributed by atoms with Gasteiger partial charge in [-0.1, -0.05) is 18.5 Å². The van der Waals surface area contributed by atoms with Crippen molar-refractivity contribution in [1.29, 1.82) is 0 Å². The van der Waals surface area contributed by atoms with E-state index in [0.717, 1.165) is 25.7 Å². The molecule has 0 bridgehead atoms. The summed E-state index contributed by atoms with van der Waals surface area (Å²) in [5.41, 5.74) is 0. The number of nitrogens with one attached hydrogen (secondary N) is 1. The van der Waals surface area contributed by atoms with E-state index in [4.69, 9.17) is 11.6 Å². The van der Waals surface area contributed by atoms with Crippen LogP contribution in [0.1, 0.15) is 39.5 Å². The lowest BCUT2D eigenvalue weighted by atomic mass is 9.99. The summed E-state index contributed by atoms with van der Waals surface area (Å²) in [5.74, 6) is -0.158. The summed E-state index contributed by atoms with van der Waals surface area (Å²) in [7, 11) is -3.74. The van der Waals surface area contributed by atoms with Gasteiger partial charge in [0.15, 0.2) is 0 Å². The smallest absolute Gasteiger partial charge is 0.241 e. The van der Waals surface area contributed by atoms with Crippen LogP contribution in [-0.4, -0.2) is 37.9 Å². The number of hydrogen-bond donors (Lipinski definition) is 1. The third-order valence-corrected chi connectivity index (χ3v) is 6.02. The van der Waals surface area contributed by atoms with Crippen molar-refractivity contribution >= 4 is 27.5 Å². The maximum absolute atomic E-state index is 12.6. The first-order chi connectivity index (χ1) is 10.8. The minimum absolute atomic E-state index is 0.104. The number of carbonyl (C=O) groups excluding carboxylic acids is 1. The molecule has 1 aromatic carbocycles. The molecule has 1 aromatic rings. The Hall–Kier alpha value is -1.11. The number of rotatable bonds is 5. The molecule has 128 valence electrons. The highest BCUT2D eigenvalue weighted by Gasteiger charge is 2.30. The zero-order chi connectivity index (χ0) is 17.0. The van der Waals surface area contributed by atoms with Crippen molar-refractivity contribution in [2.24, 2.45) is 0 Å². The molecule has 2 unspecified atom stereocenters. The molecule has 2 rings (SSSR count). The summed E-state index contributed by atoms with van der Waals surface area (Å²) < 4.78 is 27.2. The van der Waals surface area contributed by atoms with Gasteiger partial charge in [-0.15, -0.1) is 0 Å². The predicted octanol–water partition coefficient (Wildman–Crippen LogP) is 2.80. The van der Waals surface area contributed by atoms with Crippen LogP contribution in [0, 0.1) is 0 Å². The average Bonchev–Trinajstić information content (AvgIpc) is 2.54. The number of nitrogens with zero attached hydrogens (tertiary/aromatic N) is 1. The Labute approximate surface area is 143 Å². The van der Waals surface area contributed by atoms with E-state index in [1.165, 1.54) is 24.3 Å². The average molecular weight is 359 g/mol. The van der Waals surface area contributed by atoms with Crippen molar-refractivity contribution in [3.8, 4) is 0 Å². The minimum Gasteiger partial charge on any atom is -0.338 e. The van der Waals surface area contributed by atoms with Gasteiger partial charge in [-0.25, -0.2) is 8.42 Å². The summed E-state index contributed by atoms with van der Waals surface area (Å²) in [6.07, 6.45) is 3.97. The molecule has 0 aliphatic carbocycles. The molecule has 1 heterocycles. The SMILES string of the molecule is CCC1CCCCN1C(=O)C(C)NS(=O)(=O)c1ccc(Cl)cc1. The number of sulfonamides is 1. The molecule has 1 amide bonds. The van der Waals surface area contributed by atoms with Crippen LogP contribution >= 0.6 is 11.6 Å². The Bertz CT molecular complexity index is 646. The van der Waals surface area contributed by atoms with E-state index in [1.807, 2.05) is 4.90 Å². The number of halogens is 1. The van der Waals surface area contributed by atoms with Crippen molar-refractivity contribution in [2.45, 2.75) is 56.5 Å². The molecule has 5 nitrogen and oxygen atoms in total. The molecular weight excluding hydrogens is 336 g/mol. The van der Waals surface area contributed by atoms with Crippen LogP contribution in [0.2, 0.25) is 5.02 Å². The predicted molar refractivity (Wildman–Crippen MR) is 90.9 cm³/mol. The molecule has 0 radical (unpaired) electrons. The van der Waals surface area contributed by atoms with Gasteiger partial charge >= 0.3 is 0 Å². The number of carbonyl (C=O) groups is 1. The van der Waals surface area contributed by atoms with Gasteiger partial charge in [-0.05, 0) is 56.9 Å². The first-order valence-electron chi connectivity index (χ1n) is 7.93. The highest BCUT2D eigenvalue weighted by atomic mass is 35.5. The standard InChI is InChI=1S/C16H23ClN2O3S/c1-3-14-6-4-5-11-19(14)16(20)12(2)18-23(21,22)15-9-7-13(17)8-10-15/h7-10,12,14,18H,3-6,11H2,1-2H3. The maximum Gasteiger partial charge on any atom is 0.241 e. The molecule has 0 saturated carbocycles. The Balaban J connectivity index is 2.09. The van der Waals surface area contributed by atoms with E-state index in [0.29, 0.717) is 11.6 Å². The van der Waals surface area contributed by atoms with Crippen LogP contribution < -0.4 is 4.72 Å². The topological polar surface area (TPSA) is 66.5 Å². The second-order valence-electron chi connectivity index (χ2n) is 5.89. The van der Waals surface area contributed by atoms with Crippen molar-refractivity contribution in [2.75, 3.05) is 6.54 Å². The van der Waals surface area contributed by atoms with Gasteiger partial charge in [-0.3, -0.25) is 4.79 Å². The molecule has 2 atom stereocenters. The molecule has 23 heavy (non-hydrogen) atoms. The number of amides is 1. The molecule has 0 aromatic heterocycles. The van der Waals surface area contributed by atoms with Crippen molar-refractivity contribution in [3.05, 3.63) is 29.3 Å². The van der Waals surface area contributed by atoms with E-state index in [2.05, 4.69) is 11.6 Å². The van der Waals surface area contributed by atoms with Gasteiger partial charge in [0.1, 0.15) is 0 Å². The molecular formula is C16H23ClN2O3S. The van der Waals surface area contributed by atoms with Crippen LogP contribution in [0.15, 0.2) is 29.2 Å². The van der Waals surface area contributed by atoms with Gasteiger partial charge in [-0.2, -0.15) is 4.72 Å². The number of benzene rings is 1. The van der Waals surface area contributed by atoms with Crippen LogP contribution in [0.4, 0.5) is 0 Å². The van der Waals surface area contributed by atoms with Gasteiger partial charge in [0.25, 0.3) is 0 Å². The minimum atomic E-state index is -3.74. The maximum atomic E-state index is 12.6. The number of piperidine rings is 1. The molecule has 1 aliphatic rings. The van der Waals surface area contributed by atoms with E-state index < -0.39 is 16.1 Å². The third kappa shape index (κ3) is 4.46. The fourth-order valence-electron chi connectivity index (χ4n) is 2.93. The Morgan fingerprint density at radius 3 is 2.61 bits per heavy atom. The zero-order valence-electron chi connectivity index (χ0n) is 13.5. The Morgan fingerprint density at radius 2 is 2.00 bits per heavy atom. The lowest BCUT2D eigenvalue weighted by Gasteiger charge is -2.36. The first kappa shape index (κ1) is 18.2. The molecule has 1 aliphatic heterocycles. The number of likely N-dealkylation sites (tertiary alicyclic amines) is 1. The number of hydrogen-bond acceptors (Lipinski definition) is 3. The highest BCUT2D eigenvalue weighted by molar-refractivity contribution is 7.89. The molecule has 1 N–H and O–H groups in total. The molecule has 1 saturated heterocycles. The monoisotopic (exact) mass is 358 g/mol. The Morgan fingerprint density at radius 1 is 1.35 bits per heavy atom. The highest BCUT2D eigenvalue weighted by Crippen LogP contribution is 2.21. The lowest BCUT2D eigenvalue weighted by Crippen LogP contribution is -2.52. The van der Waals surface area contributed by atoms with Crippen LogP contribution in [0.3, 0.4) is 0 Å². The van der Waals surface area contributed by atoms with Gasteiger partial charge < -0.3 is 4.90 Å². The van der Waals surface area contributed by atoms with Crippen molar-refractivity contribution in [1.82, 2.24) is 9.62 Å². The largest absolute Gasteiger partial charge is 0.338 e. The quantitative estimate of drug-likeness (QED) is 0.880. The van der Waals surface area contributed by atoms with Gasteiger partial charge in [0.05, 0.1) is 10.9 Å². The third-order valence-electron chi connectivity index (χ3n) is 4.21. The van der Waals surface area contributed by atoms with E-state index >= 15 is 0 Å². The van der Waals surface area contributed by atoms with Crippen LogP contribution in [0.5, 0.6) is 0 Å². The van der Waals surface area contributed by atoms with Gasteiger partial charge in [0, 0.05) is 17.6 Å². The molecule has 7 heteroatoms. The normalized spacial score (nSPS) is 20.3. The van der Waals surface area contributed by atoms with Crippen molar-refractivity contribution in [3.63, 3.8) is 0 Å².